The van der Waals surface area contributed by atoms with Gasteiger partial charge in [-0.15, -0.1) is 0 Å². The van der Waals surface area contributed by atoms with E-state index in [4.69, 9.17) is 14.2 Å². The van der Waals surface area contributed by atoms with E-state index in [-0.39, 0.29) is 31.1 Å². The number of hydrogen-bond donors (Lipinski definition) is 0. The van der Waals surface area contributed by atoms with Gasteiger partial charge >= 0.3 is 17.9 Å². The maximum absolute atomic E-state index is 12.9. The highest BCUT2D eigenvalue weighted by Gasteiger charge is 2.19. The fraction of sp³-hybridized carbons (Fsp3) is 0.729. The Kier molecular flexibility index (Phi) is 60.8. The van der Waals surface area contributed by atoms with Crippen molar-refractivity contribution in [2.75, 3.05) is 13.2 Å². The largest absolute Gasteiger partial charge is 0.462 e. The summed E-state index contributed by atoms with van der Waals surface area (Å²) in [5, 5.41) is 0. The third kappa shape index (κ3) is 61.2. The maximum Gasteiger partial charge on any atom is 0.306 e. The summed E-state index contributed by atoms with van der Waals surface area (Å²) in [4.78, 5) is 38.0. The fourth-order valence-electron chi connectivity index (χ4n) is 9.01. The molecule has 0 aliphatic rings. The average molecular weight is 1060 g/mol. The molecule has 0 fully saturated rings. The van der Waals surface area contributed by atoms with Crippen LogP contribution >= 0.6 is 0 Å². The molecule has 0 saturated carbocycles. The van der Waals surface area contributed by atoms with Crippen molar-refractivity contribution in [3.05, 3.63) is 97.2 Å². The molecule has 6 heteroatoms. The average Bonchev–Trinajstić information content (AvgIpc) is 3.42. The van der Waals surface area contributed by atoms with Gasteiger partial charge in [0.15, 0.2) is 6.10 Å². The summed E-state index contributed by atoms with van der Waals surface area (Å²) in [6.45, 7) is 6.47. The Morgan fingerprint density at radius 3 is 0.803 bits per heavy atom. The number of rotatable bonds is 58. The number of carbonyl (C=O) groups excluding carboxylic acids is 3. The van der Waals surface area contributed by atoms with E-state index in [0.29, 0.717) is 19.3 Å². The lowest BCUT2D eigenvalue weighted by molar-refractivity contribution is -0.167. The van der Waals surface area contributed by atoms with Crippen molar-refractivity contribution in [1.82, 2.24) is 0 Å². The normalized spacial score (nSPS) is 12.7. The highest BCUT2D eigenvalue weighted by atomic mass is 16.6. The number of unbranched alkanes of at least 4 members (excludes halogenated alkanes) is 31. The Bertz CT molecular complexity index is 1490. The summed E-state index contributed by atoms with van der Waals surface area (Å²) in [5.74, 6) is -0.887. The predicted molar refractivity (Wildman–Crippen MR) is 330 cm³/mol. The number of hydrogen-bond acceptors (Lipinski definition) is 6. The van der Waals surface area contributed by atoms with E-state index in [0.717, 1.165) is 103 Å². The van der Waals surface area contributed by atoms with Crippen LogP contribution in [0.2, 0.25) is 0 Å². The molecule has 0 radical (unpaired) electrons. The van der Waals surface area contributed by atoms with Crippen LogP contribution < -0.4 is 0 Å². The SMILES string of the molecule is CC/C=C\C/C=C\C/C=C\C/C=C\C/C=C\CCCCCCCCCCCCCC(=O)OCC(COC(=O)CCCCCCCC)OC(=O)CCCCCCCCCCCC/C=C\C/C=C\C/C=C\CCCCCCC. The third-order valence-electron chi connectivity index (χ3n) is 13.8. The molecule has 1 unspecified atom stereocenters. The summed E-state index contributed by atoms with van der Waals surface area (Å²) in [6.07, 6.45) is 85.9. The first-order valence-electron chi connectivity index (χ1n) is 32.2. The zero-order valence-corrected chi connectivity index (χ0v) is 50.0. The van der Waals surface area contributed by atoms with E-state index >= 15 is 0 Å². The van der Waals surface area contributed by atoms with E-state index in [1.807, 2.05) is 0 Å². The predicted octanol–water partition coefficient (Wildman–Crippen LogP) is 22.0. The number of ether oxygens (including phenoxy) is 3. The van der Waals surface area contributed by atoms with Crippen molar-refractivity contribution in [2.24, 2.45) is 0 Å². The van der Waals surface area contributed by atoms with Crippen LogP contribution in [0, 0.1) is 0 Å². The smallest absolute Gasteiger partial charge is 0.306 e. The molecule has 0 aliphatic carbocycles. The monoisotopic (exact) mass is 1060 g/mol. The van der Waals surface area contributed by atoms with Crippen LogP contribution in [0.1, 0.15) is 310 Å². The van der Waals surface area contributed by atoms with Gasteiger partial charge in [-0.25, -0.2) is 0 Å². The summed E-state index contributed by atoms with van der Waals surface area (Å²) in [6, 6.07) is 0. The molecule has 0 bridgehead atoms. The highest BCUT2D eigenvalue weighted by molar-refractivity contribution is 5.71. The van der Waals surface area contributed by atoms with Gasteiger partial charge in [-0.3, -0.25) is 14.4 Å². The van der Waals surface area contributed by atoms with Crippen molar-refractivity contribution in [2.45, 2.75) is 316 Å². The van der Waals surface area contributed by atoms with Gasteiger partial charge in [0, 0.05) is 19.3 Å². The molecule has 0 aromatic rings. The summed E-state index contributed by atoms with van der Waals surface area (Å²) in [7, 11) is 0. The molecule has 0 saturated heterocycles. The second-order valence-electron chi connectivity index (χ2n) is 21.3. The van der Waals surface area contributed by atoms with Crippen molar-refractivity contribution in [3.8, 4) is 0 Å². The Labute approximate surface area is 470 Å². The molecule has 0 amide bonds. The Hall–Kier alpha value is -3.67. The summed E-state index contributed by atoms with van der Waals surface area (Å²) >= 11 is 0. The van der Waals surface area contributed by atoms with Crippen molar-refractivity contribution in [3.63, 3.8) is 0 Å². The molecule has 0 aromatic carbocycles. The zero-order chi connectivity index (χ0) is 55.0. The van der Waals surface area contributed by atoms with Crippen molar-refractivity contribution >= 4 is 17.9 Å². The van der Waals surface area contributed by atoms with Crippen molar-refractivity contribution in [1.29, 1.82) is 0 Å². The minimum atomic E-state index is -0.779. The third-order valence-corrected chi connectivity index (χ3v) is 13.8. The fourth-order valence-corrected chi connectivity index (χ4v) is 9.01. The maximum atomic E-state index is 12.9. The summed E-state index contributed by atoms with van der Waals surface area (Å²) < 4.78 is 16.8. The van der Waals surface area contributed by atoms with Crippen LogP contribution in [0.25, 0.3) is 0 Å². The van der Waals surface area contributed by atoms with E-state index in [2.05, 4.69) is 118 Å². The molecule has 436 valence electrons. The lowest BCUT2D eigenvalue weighted by Gasteiger charge is -2.18. The zero-order valence-electron chi connectivity index (χ0n) is 50.0. The lowest BCUT2D eigenvalue weighted by Crippen LogP contribution is -2.30. The van der Waals surface area contributed by atoms with Crippen LogP contribution in [0.4, 0.5) is 0 Å². The minimum absolute atomic E-state index is 0.0786. The summed E-state index contributed by atoms with van der Waals surface area (Å²) in [5.41, 5.74) is 0. The number of carbonyl (C=O) groups is 3. The second-order valence-corrected chi connectivity index (χ2v) is 21.3. The van der Waals surface area contributed by atoms with Gasteiger partial charge in [-0.2, -0.15) is 0 Å². The minimum Gasteiger partial charge on any atom is -0.462 e. The lowest BCUT2D eigenvalue weighted by atomic mass is 10.0. The molecular formula is C70H120O6. The first-order valence-corrected chi connectivity index (χ1v) is 32.2. The standard InChI is InChI=1S/C70H120O6/c1-4-7-10-13-16-18-20-22-24-26-28-30-32-34-35-37-38-40-42-44-46-48-50-52-54-57-60-63-69(72)75-66-67(65-74-68(71)62-59-56-15-12-9-6-3)76-70(73)64-61-58-55-53-51-49-47-45-43-41-39-36-33-31-29-27-25-23-21-19-17-14-11-8-5-2/h7,10,16,18,21-24,27-30,33-36,67H,4-6,8-9,11-15,17,19-20,25-26,31-32,37-66H2,1-3H3/b10-7-,18-16-,23-21-,24-22-,29-27-,30-28-,35-34-,36-33-. The first-order chi connectivity index (χ1) is 37.5. The second kappa shape index (κ2) is 63.9. The van der Waals surface area contributed by atoms with Crippen LogP contribution in [-0.4, -0.2) is 37.2 Å². The topological polar surface area (TPSA) is 78.9 Å². The van der Waals surface area contributed by atoms with E-state index in [9.17, 15) is 14.4 Å². The Morgan fingerprint density at radius 2 is 0.513 bits per heavy atom. The van der Waals surface area contributed by atoms with Crippen molar-refractivity contribution < 1.29 is 28.6 Å². The first kappa shape index (κ1) is 72.3. The molecule has 0 aliphatic heterocycles. The van der Waals surface area contributed by atoms with E-state index in [1.165, 1.54) is 167 Å². The molecule has 0 rings (SSSR count). The van der Waals surface area contributed by atoms with Gasteiger partial charge in [0.1, 0.15) is 13.2 Å². The van der Waals surface area contributed by atoms with Crippen LogP contribution in [-0.2, 0) is 28.6 Å². The van der Waals surface area contributed by atoms with E-state index in [1.54, 1.807) is 0 Å². The number of allylic oxidation sites excluding steroid dienone is 16. The van der Waals surface area contributed by atoms with Crippen LogP contribution in [0.15, 0.2) is 97.2 Å². The molecule has 6 nitrogen and oxygen atoms in total. The molecule has 0 N–H and O–H groups in total. The quantitative estimate of drug-likeness (QED) is 0.0261. The Balaban J connectivity index is 4.11. The molecule has 0 heterocycles. The van der Waals surface area contributed by atoms with Gasteiger partial charge < -0.3 is 14.2 Å². The van der Waals surface area contributed by atoms with E-state index < -0.39 is 6.10 Å². The molecule has 0 aromatic heterocycles. The molecule has 1 atom stereocenters. The molecule has 0 spiro atoms. The van der Waals surface area contributed by atoms with Crippen LogP contribution in [0.5, 0.6) is 0 Å². The number of esters is 3. The Morgan fingerprint density at radius 1 is 0.276 bits per heavy atom. The van der Waals surface area contributed by atoms with Gasteiger partial charge in [-0.1, -0.05) is 285 Å². The van der Waals surface area contributed by atoms with Gasteiger partial charge in [0.2, 0.25) is 0 Å². The van der Waals surface area contributed by atoms with Gasteiger partial charge in [-0.05, 0) is 103 Å². The molecular weight excluding hydrogens is 937 g/mol. The van der Waals surface area contributed by atoms with Gasteiger partial charge in [0.25, 0.3) is 0 Å². The highest BCUT2D eigenvalue weighted by Crippen LogP contribution is 2.16. The van der Waals surface area contributed by atoms with Gasteiger partial charge in [0.05, 0.1) is 0 Å². The molecule has 76 heavy (non-hydrogen) atoms. The van der Waals surface area contributed by atoms with Crippen LogP contribution in [0.3, 0.4) is 0 Å².